The van der Waals surface area contributed by atoms with Gasteiger partial charge in [-0.05, 0) is 51.0 Å². The Balaban J connectivity index is 2.18. The van der Waals surface area contributed by atoms with E-state index in [1.54, 1.807) is 11.0 Å². The van der Waals surface area contributed by atoms with Gasteiger partial charge in [0.2, 0.25) is 0 Å². The first kappa shape index (κ1) is 23.5. The summed E-state index contributed by atoms with van der Waals surface area (Å²) < 4.78 is 10.4. The highest BCUT2D eigenvalue weighted by Gasteiger charge is 2.27. The van der Waals surface area contributed by atoms with Gasteiger partial charge in [-0.3, -0.25) is 4.79 Å². The molecular weight excluding hydrogens is 390 g/mol. The molecule has 0 radical (unpaired) electrons. The number of carbonyl (C=O) groups excluding carboxylic acids is 2. The maximum absolute atomic E-state index is 12.3. The van der Waals surface area contributed by atoms with Crippen LogP contribution in [0.5, 0.6) is 0 Å². The summed E-state index contributed by atoms with van der Waals surface area (Å²) >= 11 is 0. The number of hydrogen-bond acceptors (Lipinski definition) is 7. The molecule has 0 saturated carbocycles. The van der Waals surface area contributed by atoms with E-state index in [9.17, 15) is 14.4 Å². The van der Waals surface area contributed by atoms with E-state index in [2.05, 4.69) is 10.2 Å². The molecule has 1 aliphatic heterocycles. The average molecular weight is 421 g/mol. The number of ether oxygens (including phenoxy) is 2. The van der Waals surface area contributed by atoms with E-state index < -0.39 is 17.5 Å². The molecule has 0 aromatic heterocycles. The van der Waals surface area contributed by atoms with E-state index >= 15 is 0 Å². The lowest BCUT2D eigenvalue weighted by atomic mass is 10.0. The monoisotopic (exact) mass is 421 g/mol. The Morgan fingerprint density at radius 1 is 1.13 bits per heavy atom. The summed E-state index contributed by atoms with van der Waals surface area (Å²) in [7, 11) is 1.33. The smallest absolute Gasteiger partial charge is 0.410 e. The van der Waals surface area contributed by atoms with Gasteiger partial charge in [-0.1, -0.05) is 0 Å². The number of benzene rings is 1. The Morgan fingerprint density at radius 2 is 1.77 bits per heavy atom. The van der Waals surface area contributed by atoms with Gasteiger partial charge in [-0.15, -0.1) is 0 Å². The number of esters is 1. The highest BCUT2D eigenvalue weighted by Crippen LogP contribution is 2.27. The predicted molar refractivity (Wildman–Crippen MR) is 112 cm³/mol. The van der Waals surface area contributed by atoms with E-state index in [0.717, 1.165) is 16.8 Å². The maximum atomic E-state index is 12.3. The Bertz CT molecular complexity index is 795. The van der Waals surface area contributed by atoms with Gasteiger partial charge in [0.25, 0.3) is 0 Å². The Labute approximate surface area is 176 Å². The standard InChI is InChI=1S/C21H31N3O6/c1-14-16(19(27)29-5)10-15(12-22-13-18(25)26)11-17(14)23-6-8-24(9-7-23)20(28)30-21(2,3)4/h10-11,22H,6-9,12-13H2,1-5H3,(H,25,26). The van der Waals surface area contributed by atoms with Gasteiger partial charge < -0.3 is 29.7 Å². The summed E-state index contributed by atoms with van der Waals surface area (Å²) in [5.41, 5.74) is 2.34. The number of carboxylic acid groups (broad SMARTS) is 1. The van der Waals surface area contributed by atoms with Crippen LogP contribution >= 0.6 is 0 Å². The summed E-state index contributed by atoms with van der Waals surface area (Å²) in [4.78, 5) is 39.1. The van der Waals surface area contributed by atoms with Gasteiger partial charge in [-0.25, -0.2) is 9.59 Å². The number of rotatable bonds is 6. The number of nitrogens with zero attached hydrogens (tertiary/aromatic N) is 2. The van der Waals surface area contributed by atoms with Crippen LogP contribution in [-0.4, -0.2) is 73.5 Å². The van der Waals surface area contributed by atoms with Crippen molar-refractivity contribution in [2.24, 2.45) is 0 Å². The van der Waals surface area contributed by atoms with Gasteiger partial charge in [0.15, 0.2) is 0 Å². The predicted octanol–water partition coefficient (Wildman–Crippen LogP) is 2.01. The SMILES string of the molecule is COC(=O)c1cc(CNCC(=O)O)cc(N2CCN(C(=O)OC(C)(C)C)CC2)c1C. The molecule has 1 amide bonds. The molecule has 0 unspecified atom stereocenters. The topological polar surface area (TPSA) is 108 Å². The zero-order valence-electron chi connectivity index (χ0n) is 18.3. The normalized spacial score (nSPS) is 14.4. The van der Waals surface area contributed by atoms with Gasteiger partial charge in [0.05, 0.1) is 19.2 Å². The Hall–Kier alpha value is -2.81. The molecule has 1 saturated heterocycles. The summed E-state index contributed by atoms with van der Waals surface area (Å²) in [5, 5.41) is 11.7. The minimum Gasteiger partial charge on any atom is -0.480 e. The number of carboxylic acids is 1. The van der Waals surface area contributed by atoms with Crippen molar-refractivity contribution in [1.29, 1.82) is 0 Å². The number of anilines is 1. The van der Waals surface area contributed by atoms with E-state index in [-0.39, 0.29) is 12.6 Å². The van der Waals surface area contributed by atoms with Gasteiger partial charge in [-0.2, -0.15) is 0 Å². The largest absolute Gasteiger partial charge is 0.480 e. The van der Waals surface area contributed by atoms with E-state index in [4.69, 9.17) is 14.6 Å². The van der Waals surface area contributed by atoms with Crippen molar-refractivity contribution >= 4 is 23.7 Å². The number of nitrogens with one attached hydrogen (secondary N) is 1. The van der Waals surface area contributed by atoms with Crippen LogP contribution in [0, 0.1) is 6.92 Å². The summed E-state index contributed by atoms with van der Waals surface area (Å²) in [5.74, 6) is -1.39. The average Bonchev–Trinajstić information content (AvgIpc) is 2.67. The lowest BCUT2D eigenvalue weighted by molar-refractivity contribution is -0.136. The molecule has 0 spiro atoms. The first-order valence-electron chi connectivity index (χ1n) is 9.89. The molecule has 1 heterocycles. The van der Waals surface area contributed by atoms with Crippen molar-refractivity contribution < 1.29 is 29.0 Å². The van der Waals surface area contributed by atoms with Crippen LogP contribution in [0.1, 0.15) is 42.3 Å². The van der Waals surface area contributed by atoms with Crippen molar-refractivity contribution in [2.45, 2.75) is 39.8 Å². The molecule has 166 valence electrons. The summed E-state index contributed by atoms with van der Waals surface area (Å²) in [6.45, 7) is 9.68. The fourth-order valence-corrected chi connectivity index (χ4v) is 3.28. The maximum Gasteiger partial charge on any atom is 0.410 e. The van der Waals surface area contributed by atoms with Gasteiger partial charge in [0.1, 0.15) is 5.60 Å². The molecule has 1 aliphatic rings. The minimum atomic E-state index is -0.950. The summed E-state index contributed by atoms with van der Waals surface area (Å²) in [6, 6.07) is 3.66. The molecule has 0 atom stereocenters. The number of piperazine rings is 1. The van der Waals surface area contributed by atoms with E-state index in [1.165, 1.54) is 7.11 Å². The van der Waals surface area contributed by atoms with Crippen molar-refractivity contribution in [2.75, 3.05) is 44.7 Å². The molecule has 1 fully saturated rings. The highest BCUT2D eigenvalue weighted by molar-refractivity contribution is 5.93. The number of amides is 1. The zero-order valence-corrected chi connectivity index (χ0v) is 18.3. The Kier molecular flexibility index (Phi) is 7.66. The number of aliphatic carboxylic acids is 1. The Morgan fingerprint density at radius 3 is 2.30 bits per heavy atom. The van der Waals surface area contributed by atoms with Crippen molar-refractivity contribution in [3.8, 4) is 0 Å². The second kappa shape index (κ2) is 9.80. The number of carbonyl (C=O) groups is 3. The van der Waals surface area contributed by atoms with Crippen LogP contribution in [0.3, 0.4) is 0 Å². The third-order valence-corrected chi connectivity index (χ3v) is 4.72. The zero-order chi connectivity index (χ0) is 22.5. The van der Waals surface area contributed by atoms with Crippen LogP contribution in [0.15, 0.2) is 12.1 Å². The molecule has 2 rings (SSSR count). The third kappa shape index (κ3) is 6.35. The van der Waals surface area contributed by atoms with Crippen LogP contribution in [0.25, 0.3) is 0 Å². The molecule has 1 aromatic carbocycles. The first-order chi connectivity index (χ1) is 14.0. The lowest BCUT2D eigenvalue weighted by Crippen LogP contribution is -2.50. The fourth-order valence-electron chi connectivity index (χ4n) is 3.28. The molecule has 9 heteroatoms. The van der Waals surface area contributed by atoms with E-state index in [1.807, 2.05) is 33.8 Å². The van der Waals surface area contributed by atoms with Crippen molar-refractivity contribution in [3.63, 3.8) is 0 Å². The third-order valence-electron chi connectivity index (χ3n) is 4.72. The lowest BCUT2D eigenvalue weighted by Gasteiger charge is -2.37. The highest BCUT2D eigenvalue weighted by atomic mass is 16.6. The van der Waals surface area contributed by atoms with Crippen molar-refractivity contribution in [1.82, 2.24) is 10.2 Å². The quantitative estimate of drug-likeness (QED) is 0.672. The molecule has 9 nitrogen and oxygen atoms in total. The van der Waals surface area contributed by atoms with E-state index in [0.29, 0.717) is 38.3 Å². The second-order valence-corrected chi connectivity index (χ2v) is 8.23. The van der Waals surface area contributed by atoms with Gasteiger partial charge in [0, 0.05) is 38.4 Å². The first-order valence-corrected chi connectivity index (χ1v) is 9.89. The van der Waals surface area contributed by atoms with Crippen LogP contribution in [0.2, 0.25) is 0 Å². The number of hydrogen-bond donors (Lipinski definition) is 2. The minimum absolute atomic E-state index is 0.175. The van der Waals surface area contributed by atoms with Crippen LogP contribution in [0.4, 0.5) is 10.5 Å². The molecule has 2 N–H and O–H groups in total. The molecule has 1 aromatic rings. The molecule has 0 bridgehead atoms. The molecule has 30 heavy (non-hydrogen) atoms. The summed E-state index contributed by atoms with van der Waals surface area (Å²) in [6.07, 6.45) is -0.333. The second-order valence-electron chi connectivity index (χ2n) is 8.23. The molecule has 0 aliphatic carbocycles. The fraction of sp³-hybridized carbons (Fsp3) is 0.571. The van der Waals surface area contributed by atoms with Crippen molar-refractivity contribution in [3.05, 3.63) is 28.8 Å². The van der Waals surface area contributed by atoms with Gasteiger partial charge >= 0.3 is 18.0 Å². The van der Waals surface area contributed by atoms with Crippen LogP contribution in [-0.2, 0) is 20.8 Å². The number of methoxy groups -OCH3 is 1. The van der Waals surface area contributed by atoms with Crippen LogP contribution < -0.4 is 10.2 Å². The molecular formula is C21H31N3O6.